The van der Waals surface area contributed by atoms with Crippen molar-refractivity contribution < 1.29 is 0 Å². The normalized spacial score (nSPS) is 5.50. The first-order valence-electron chi connectivity index (χ1n) is 1.93. The summed E-state index contributed by atoms with van der Waals surface area (Å²) in [4.78, 5) is 0. The third kappa shape index (κ3) is 3.30. The maximum Gasteiger partial charge on any atom is 0.00637 e. The Labute approximate surface area is 38.9 Å². The van der Waals surface area contributed by atoms with Crippen molar-refractivity contribution in [3.63, 3.8) is 0 Å². The lowest BCUT2D eigenvalue weighted by molar-refractivity contribution is 1.28. The molecule has 0 saturated heterocycles. The van der Waals surface area contributed by atoms with Gasteiger partial charge in [-0.1, -0.05) is 25.3 Å². The molecule has 0 unspecified atom stereocenters. The smallest absolute Gasteiger partial charge is 0.00637 e. The van der Waals surface area contributed by atoms with Crippen LogP contribution in [0.5, 0.6) is 0 Å². The first-order valence-corrected chi connectivity index (χ1v) is 1.93. The summed E-state index contributed by atoms with van der Waals surface area (Å²) in [6, 6.07) is 0. The highest BCUT2D eigenvalue weighted by atomic mass is 13.6. The van der Waals surface area contributed by atoms with Crippen molar-refractivity contribution in [1.82, 2.24) is 0 Å². The van der Waals surface area contributed by atoms with E-state index >= 15 is 0 Å². The second-order valence-corrected chi connectivity index (χ2v) is 0.841. The van der Waals surface area contributed by atoms with Crippen LogP contribution in [-0.2, 0) is 0 Å². The summed E-state index contributed by atoms with van der Waals surface area (Å²) in [6.45, 7) is 6.90. The summed E-state index contributed by atoms with van der Waals surface area (Å²) < 4.78 is 0. The van der Waals surface area contributed by atoms with Gasteiger partial charge in [-0.3, -0.25) is 0 Å². The van der Waals surface area contributed by atoms with E-state index in [0.29, 0.717) is 0 Å². The highest BCUT2D eigenvalue weighted by Crippen LogP contribution is 1.64. The molecule has 0 heteroatoms. The molecule has 6 heavy (non-hydrogen) atoms. The number of hydrogen-bond donors (Lipinski definition) is 0. The highest BCUT2D eigenvalue weighted by molar-refractivity contribution is 5.10. The van der Waals surface area contributed by atoms with E-state index in [1.54, 1.807) is 0 Å². The van der Waals surface area contributed by atoms with Crippen LogP contribution in [0, 0.1) is 18.4 Å². The molecule has 0 rings (SSSR count). The second-order valence-electron chi connectivity index (χ2n) is 0.841. The SMILES string of the molecule is [CH]=CC#CCC. The van der Waals surface area contributed by atoms with Crippen LogP contribution in [0.25, 0.3) is 0 Å². The first kappa shape index (κ1) is 5.30. The molecule has 0 heterocycles. The summed E-state index contributed by atoms with van der Waals surface area (Å²) in [5, 5.41) is 0. The van der Waals surface area contributed by atoms with Gasteiger partial charge >= 0.3 is 0 Å². The Morgan fingerprint density at radius 3 is 2.67 bits per heavy atom. The van der Waals surface area contributed by atoms with Gasteiger partial charge in [0.25, 0.3) is 0 Å². The van der Waals surface area contributed by atoms with Crippen LogP contribution in [0.4, 0.5) is 0 Å². The van der Waals surface area contributed by atoms with E-state index in [2.05, 4.69) is 11.8 Å². The highest BCUT2D eigenvalue weighted by Gasteiger charge is 1.51. The minimum atomic E-state index is 0.883. The molecule has 0 bridgehead atoms. The lowest BCUT2D eigenvalue weighted by Crippen LogP contribution is -1.47. The van der Waals surface area contributed by atoms with E-state index in [9.17, 15) is 0 Å². The van der Waals surface area contributed by atoms with Crippen LogP contribution < -0.4 is 0 Å². The van der Waals surface area contributed by atoms with Gasteiger partial charge in [-0.15, -0.1) is 0 Å². The molecule has 1 radical (unpaired) electrons. The van der Waals surface area contributed by atoms with Crippen molar-refractivity contribution >= 4 is 0 Å². The van der Waals surface area contributed by atoms with E-state index in [1.165, 1.54) is 6.08 Å². The Kier molecular flexibility index (Phi) is 3.80. The molecule has 0 amide bonds. The summed E-state index contributed by atoms with van der Waals surface area (Å²) in [6.07, 6.45) is 2.23. The van der Waals surface area contributed by atoms with Crippen LogP contribution in [0.2, 0.25) is 0 Å². The molecular weight excluding hydrogens is 72.1 g/mol. The van der Waals surface area contributed by atoms with Gasteiger partial charge in [0.05, 0.1) is 0 Å². The fourth-order valence-electron chi connectivity index (χ4n) is 0.161. The molecule has 0 spiro atoms. The minimum absolute atomic E-state index is 0.883. The Morgan fingerprint density at radius 1 is 1.83 bits per heavy atom. The summed E-state index contributed by atoms with van der Waals surface area (Å²) in [5.41, 5.74) is 0. The van der Waals surface area contributed by atoms with E-state index in [0.717, 1.165) is 6.42 Å². The zero-order valence-corrected chi connectivity index (χ0v) is 3.86. The zero-order valence-electron chi connectivity index (χ0n) is 3.86. The van der Waals surface area contributed by atoms with Gasteiger partial charge in [-0.25, -0.2) is 0 Å². The van der Waals surface area contributed by atoms with Crippen molar-refractivity contribution in [2.45, 2.75) is 13.3 Å². The van der Waals surface area contributed by atoms with Gasteiger partial charge in [0.15, 0.2) is 0 Å². The molecule has 0 aromatic carbocycles. The molecule has 0 atom stereocenters. The molecule has 31 valence electrons. The Morgan fingerprint density at radius 2 is 2.50 bits per heavy atom. The predicted molar refractivity (Wildman–Crippen MR) is 26.9 cm³/mol. The van der Waals surface area contributed by atoms with E-state index in [-0.39, 0.29) is 0 Å². The Hall–Kier alpha value is -0.700. The average Bonchev–Trinajstić information content (AvgIpc) is 1.61. The maximum absolute atomic E-state index is 4.92. The largest absolute Gasteiger partial charge is 0.0988 e. The molecular formula is C6H7. The summed E-state index contributed by atoms with van der Waals surface area (Å²) in [5.74, 6) is 5.37. The van der Waals surface area contributed by atoms with Gasteiger partial charge in [0.2, 0.25) is 0 Å². The monoisotopic (exact) mass is 79.1 g/mol. The topological polar surface area (TPSA) is 0 Å². The zero-order chi connectivity index (χ0) is 4.83. The van der Waals surface area contributed by atoms with Gasteiger partial charge in [0, 0.05) is 6.42 Å². The molecule has 0 aliphatic heterocycles. The molecule has 0 aliphatic rings. The van der Waals surface area contributed by atoms with E-state index in [1.807, 2.05) is 6.92 Å². The lowest BCUT2D eigenvalue weighted by Gasteiger charge is -1.60. The summed E-state index contributed by atoms with van der Waals surface area (Å²) >= 11 is 0. The molecule has 0 nitrogen and oxygen atoms in total. The van der Waals surface area contributed by atoms with Crippen LogP contribution in [0.15, 0.2) is 6.08 Å². The standard InChI is InChI=1S/C6H7/c1-3-5-6-4-2/h1,3H,4H2,2H3. The first-order chi connectivity index (χ1) is 2.91. The van der Waals surface area contributed by atoms with Crippen molar-refractivity contribution in [3.05, 3.63) is 12.7 Å². The average molecular weight is 79.1 g/mol. The Balaban J connectivity index is 3.13. The Bertz CT molecular complexity index is 79.9. The predicted octanol–water partition coefficient (Wildman–Crippen LogP) is 1.39. The van der Waals surface area contributed by atoms with E-state index < -0.39 is 0 Å². The van der Waals surface area contributed by atoms with Gasteiger partial charge in [0.1, 0.15) is 0 Å². The molecule has 0 fully saturated rings. The quantitative estimate of drug-likeness (QED) is 0.385. The molecule has 0 saturated carbocycles. The molecule has 0 aromatic heterocycles. The number of hydrogen-bond acceptors (Lipinski definition) is 0. The summed E-state index contributed by atoms with van der Waals surface area (Å²) in [7, 11) is 0. The molecule has 0 aromatic rings. The van der Waals surface area contributed by atoms with Crippen LogP contribution >= 0.6 is 0 Å². The van der Waals surface area contributed by atoms with E-state index in [4.69, 9.17) is 6.58 Å². The number of rotatable bonds is 0. The second kappa shape index (κ2) is 4.30. The molecule has 0 aliphatic carbocycles. The van der Waals surface area contributed by atoms with Gasteiger partial charge in [-0.2, -0.15) is 0 Å². The van der Waals surface area contributed by atoms with Crippen LogP contribution in [0.3, 0.4) is 0 Å². The fraction of sp³-hybridized carbons (Fsp3) is 0.333. The van der Waals surface area contributed by atoms with Crippen molar-refractivity contribution in [2.75, 3.05) is 0 Å². The van der Waals surface area contributed by atoms with Crippen LogP contribution in [-0.4, -0.2) is 0 Å². The lowest BCUT2D eigenvalue weighted by atomic mass is 10.5. The third-order valence-corrected chi connectivity index (χ3v) is 0.362. The van der Waals surface area contributed by atoms with Gasteiger partial charge in [-0.05, 0) is 6.08 Å². The minimum Gasteiger partial charge on any atom is -0.0988 e. The third-order valence-electron chi connectivity index (χ3n) is 0.362. The number of allylic oxidation sites excluding steroid dienone is 1. The van der Waals surface area contributed by atoms with Crippen molar-refractivity contribution in [2.24, 2.45) is 0 Å². The van der Waals surface area contributed by atoms with Crippen molar-refractivity contribution in [3.8, 4) is 11.8 Å². The van der Waals surface area contributed by atoms with Crippen molar-refractivity contribution in [1.29, 1.82) is 0 Å². The maximum atomic E-state index is 4.92. The van der Waals surface area contributed by atoms with Gasteiger partial charge < -0.3 is 0 Å². The van der Waals surface area contributed by atoms with Crippen LogP contribution in [0.1, 0.15) is 13.3 Å². The molecule has 0 N–H and O–H groups in total. The fourth-order valence-corrected chi connectivity index (χ4v) is 0.161.